The molecule has 9 heteroatoms. The lowest BCUT2D eigenvalue weighted by Gasteiger charge is -2.12. The Labute approximate surface area is 187 Å². The maximum Gasteiger partial charge on any atom is 0.360 e. The van der Waals surface area contributed by atoms with E-state index in [1.54, 1.807) is 54.0 Å². The van der Waals surface area contributed by atoms with Crippen LogP contribution in [0.1, 0.15) is 23.0 Å². The summed E-state index contributed by atoms with van der Waals surface area (Å²) in [5.41, 5.74) is 2.14. The minimum atomic E-state index is -0.749. The summed E-state index contributed by atoms with van der Waals surface area (Å²) in [7, 11) is 0. The number of hydrogen-bond acceptors (Lipinski definition) is 6. The van der Waals surface area contributed by atoms with Gasteiger partial charge in [-0.1, -0.05) is 23.2 Å². The van der Waals surface area contributed by atoms with Crippen LogP contribution >= 0.6 is 23.2 Å². The molecule has 0 unspecified atom stereocenters. The molecule has 0 saturated heterocycles. The van der Waals surface area contributed by atoms with E-state index in [4.69, 9.17) is 33.2 Å². The number of halogens is 2. The van der Waals surface area contributed by atoms with Crippen molar-refractivity contribution in [3.8, 4) is 28.9 Å². The molecule has 0 fully saturated rings. The van der Waals surface area contributed by atoms with Gasteiger partial charge in [-0.3, -0.25) is 4.57 Å². The van der Waals surface area contributed by atoms with Gasteiger partial charge in [0.15, 0.2) is 17.1 Å². The first-order valence-corrected chi connectivity index (χ1v) is 9.94. The monoisotopic (exact) mass is 452 g/mol. The molecule has 0 saturated carbocycles. The average Bonchev–Trinajstić information content (AvgIpc) is 3.11. The number of esters is 1. The Hall–Kier alpha value is -3.60. The predicted molar refractivity (Wildman–Crippen MR) is 117 cm³/mol. The molecule has 0 bridgehead atoms. The molecule has 2 aromatic carbocycles. The van der Waals surface area contributed by atoms with Gasteiger partial charge in [0.05, 0.1) is 34.5 Å². The van der Waals surface area contributed by atoms with Gasteiger partial charge in [0, 0.05) is 16.7 Å². The highest BCUT2D eigenvalue weighted by Gasteiger charge is 2.22. The average molecular weight is 453 g/mol. The fraction of sp³-hybridized carbons (Fsp3) is 0.0909. The second kappa shape index (κ2) is 8.26. The molecule has 0 aliphatic carbocycles. The Balaban J connectivity index is 2.02. The number of ether oxygens (including phenoxy) is 1. The van der Waals surface area contributed by atoms with Crippen molar-refractivity contribution in [3.05, 3.63) is 69.8 Å². The van der Waals surface area contributed by atoms with Gasteiger partial charge in [-0.15, -0.1) is 0 Å². The van der Waals surface area contributed by atoms with Crippen LogP contribution in [-0.4, -0.2) is 32.2 Å². The third-order valence-electron chi connectivity index (χ3n) is 4.52. The van der Waals surface area contributed by atoms with E-state index in [0.717, 1.165) is 0 Å². The lowest BCUT2D eigenvalue weighted by atomic mass is 10.1. The van der Waals surface area contributed by atoms with E-state index in [2.05, 4.69) is 16.0 Å². The zero-order chi connectivity index (χ0) is 22.1. The Morgan fingerprint density at radius 1 is 1.16 bits per heavy atom. The van der Waals surface area contributed by atoms with Gasteiger partial charge in [-0.05, 0) is 49.4 Å². The van der Waals surface area contributed by atoms with Crippen molar-refractivity contribution < 1.29 is 14.6 Å². The number of nitriles is 1. The maximum absolute atomic E-state index is 12.2. The number of imidazole rings is 1. The minimum absolute atomic E-state index is 0.142. The quantitative estimate of drug-likeness (QED) is 0.429. The van der Waals surface area contributed by atoms with Gasteiger partial charge in [-0.2, -0.15) is 5.26 Å². The van der Waals surface area contributed by atoms with E-state index in [9.17, 15) is 9.90 Å². The van der Waals surface area contributed by atoms with Crippen LogP contribution in [0, 0.1) is 11.3 Å². The Kier molecular flexibility index (Phi) is 5.51. The van der Waals surface area contributed by atoms with Gasteiger partial charge in [0.2, 0.25) is 0 Å². The molecule has 2 aromatic heterocycles. The van der Waals surface area contributed by atoms with Gasteiger partial charge >= 0.3 is 5.97 Å². The first-order valence-electron chi connectivity index (χ1n) is 9.18. The van der Waals surface area contributed by atoms with Crippen molar-refractivity contribution in [2.45, 2.75) is 6.92 Å². The van der Waals surface area contributed by atoms with Crippen molar-refractivity contribution in [1.29, 1.82) is 5.26 Å². The number of carbonyl (C=O) groups excluding carboxylic acids is 1. The Bertz CT molecular complexity index is 1360. The largest absolute Gasteiger partial charge is 0.505 e. The second-order valence-electron chi connectivity index (χ2n) is 6.48. The molecule has 31 heavy (non-hydrogen) atoms. The topological polar surface area (TPSA) is 101 Å². The normalized spacial score (nSPS) is 10.8. The Morgan fingerprint density at radius 2 is 1.90 bits per heavy atom. The minimum Gasteiger partial charge on any atom is -0.505 e. The molecule has 0 aliphatic rings. The number of hydrogen-bond donors (Lipinski definition) is 1. The van der Waals surface area contributed by atoms with Gasteiger partial charge in [0.1, 0.15) is 5.82 Å². The van der Waals surface area contributed by atoms with Crippen LogP contribution in [0.25, 0.3) is 28.2 Å². The van der Waals surface area contributed by atoms with Crippen molar-refractivity contribution in [2.75, 3.05) is 6.61 Å². The lowest BCUT2D eigenvalue weighted by molar-refractivity contribution is 0.0516. The molecule has 7 nitrogen and oxygen atoms in total. The third-order valence-corrected chi connectivity index (χ3v) is 5.06. The third kappa shape index (κ3) is 3.79. The summed E-state index contributed by atoms with van der Waals surface area (Å²) < 4.78 is 6.66. The number of aromatic hydroxyl groups is 1. The van der Waals surface area contributed by atoms with E-state index in [1.807, 2.05) is 0 Å². The van der Waals surface area contributed by atoms with Crippen molar-refractivity contribution in [3.63, 3.8) is 0 Å². The van der Waals surface area contributed by atoms with Crippen molar-refractivity contribution in [2.24, 2.45) is 0 Å². The van der Waals surface area contributed by atoms with E-state index in [-0.39, 0.29) is 23.7 Å². The zero-order valence-electron chi connectivity index (χ0n) is 16.1. The molecular formula is C22H14Cl2N4O3. The van der Waals surface area contributed by atoms with Crippen LogP contribution in [-0.2, 0) is 4.74 Å². The SMILES string of the molecule is CCOC(=O)c1nc2nc(-c3ccc(C#N)cc3)n(-c3ccc(Cl)cc3Cl)c2cc1O. The molecule has 0 spiro atoms. The highest BCUT2D eigenvalue weighted by molar-refractivity contribution is 6.35. The van der Waals surface area contributed by atoms with E-state index >= 15 is 0 Å². The summed E-state index contributed by atoms with van der Waals surface area (Å²) >= 11 is 12.5. The van der Waals surface area contributed by atoms with Crippen molar-refractivity contribution in [1.82, 2.24) is 14.5 Å². The number of rotatable bonds is 4. The fourth-order valence-corrected chi connectivity index (χ4v) is 3.63. The summed E-state index contributed by atoms with van der Waals surface area (Å²) in [6.07, 6.45) is 0. The molecule has 2 heterocycles. The van der Waals surface area contributed by atoms with Crippen molar-refractivity contribution >= 4 is 40.3 Å². The van der Waals surface area contributed by atoms with Crippen LogP contribution in [0.15, 0.2) is 48.5 Å². The van der Waals surface area contributed by atoms with Gasteiger partial charge in [0.25, 0.3) is 0 Å². The molecule has 1 N–H and O–H groups in total. The first-order chi connectivity index (χ1) is 14.9. The molecule has 0 atom stereocenters. The summed E-state index contributed by atoms with van der Waals surface area (Å²) in [5, 5.41) is 20.3. The number of carbonyl (C=O) groups is 1. The van der Waals surface area contributed by atoms with Crippen LogP contribution in [0.2, 0.25) is 10.0 Å². The van der Waals surface area contributed by atoms with E-state index in [1.165, 1.54) is 6.07 Å². The summed E-state index contributed by atoms with van der Waals surface area (Å²) in [5.74, 6) is -0.638. The molecule has 0 amide bonds. The first kappa shape index (κ1) is 20.7. The number of fused-ring (bicyclic) bond motifs is 1. The number of nitrogens with zero attached hydrogens (tertiary/aromatic N) is 4. The zero-order valence-corrected chi connectivity index (χ0v) is 17.6. The molecule has 154 valence electrons. The highest BCUT2D eigenvalue weighted by Crippen LogP contribution is 2.34. The maximum atomic E-state index is 12.2. The van der Waals surface area contributed by atoms with Crippen LogP contribution in [0.4, 0.5) is 0 Å². The molecule has 4 rings (SSSR count). The lowest BCUT2D eigenvalue weighted by Crippen LogP contribution is -2.07. The summed E-state index contributed by atoms with van der Waals surface area (Å²) in [4.78, 5) is 21.0. The fourth-order valence-electron chi connectivity index (χ4n) is 3.14. The van der Waals surface area contributed by atoms with Crippen LogP contribution in [0.3, 0.4) is 0 Å². The van der Waals surface area contributed by atoms with Crippen LogP contribution in [0.5, 0.6) is 5.75 Å². The number of pyridine rings is 1. The Morgan fingerprint density at radius 3 is 2.55 bits per heavy atom. The standard InChI is InChI=1S/C22H14Cl2N4O3/c1-2-31-22(30)19-18(29)10-17-20(26-19)27-21(13-5-3-12(11-25)4-6-13)28(17)16-8-7-14(23)9-15(16)24/h3-10,29H,2H2,1H3. The molecule has 0 radical (unpaired) electrons. The molecule has 0 aliphatic heterocycles. The van der Waals surface area contributed by atoms with E-state index in [0.29, 0.717) is 38.2 Å². The molecule has 4 aromatic rings. The predicted octanol–water partition coefficient (Wildman–Crippen LogP) is 5.15. The summed E-state index contributed by atoms with van der Waals surface area (Å²) in [6, 6.07) is 15.3. The smallest absolute Gasteiger partial charge is 0.360 e. The van der Waals surface area contributed by atoms with Gasteiger partial charge in [-0.25, -0.2) is 14.8 Å². The van der Waals surface area contributed by atoms with E-state index < -0.39 is 5.97 Å². The summed E-state index contributed by atoms with van der Waals surface area (Å²) in [6.45, 7) is 1.80. The van der Waals surface area contributed by atoms with Crippen LogP contribution < -0.4 is 0 Å². The van der Waals surface area contributed by atoms with Gasteiger partial charge < -0.3 is 9.84 Å². The highest BCUT2D eigenvalue weighted by atomic mass is 35.5. The number of benzene rings is 2. The molecular weight excluding hydrogens is 439 g/mol. The second-order valence-corrected chi connectivity index (χ2v) is 7.32. The number of aromatic nitrogens is 3.